The van der Waals surface area contributed by atoms with Gasteiger partial charge in [-0.2, -0.15) is 0 Å². The Hall–Kier alpha value is -2.40. The zero-order chi connectivity index (χ0) is 22.8. The van der Waals surface area contributed by atoms with Gasteiger partial charge in [-0.1, -0.05) is 52.0 Å². The molecule has 1 aromatic heterocycles. The molecular formula is C27H40N4O. The molecule has 0 atom stereocenters. The van der Waals surface area contributed by atoms with Gasteiger partial charge in [0.2, 0.25) is 5.91 Å². The lowest BCUT2D eigenvalue weighted by atomic mass is 10.0. The standard InChI is InChI=1S/C27H40N4O/c1-4-23(5-2)20-30-17-11-7-6-8-12-18-31(22(3)32)26-15-14-25(19-24(26)21-30)29-27-13-9-10-16-28-27/h9-10,13-16,19,23H,4-8,11-12,17-18,20-21H2,1-3H3,(H,28,29). The van der Waals surface area contributed by atoms with E-state index in [1.54, 1.807) is 13.1 Å². The third-order valence-electron chi connectivity index (χ3n) is 6.61. The molecule has 1 aromatic carbocycles. The topological polar surface area (TPSA) is 48.5 Å². The number of amides is 1. The van der Waals surface area contributed by atoms with Gasteiger partial charge in [0.15, 0.2) is 0 Å². The summed E-state index contributed by atoms with van der Waals surface area (Å²) in [5.41, 5.74) is 3.28. The SMILES string of the molecule is CCC(CC)CN1CCCCCCCN(C(C)=O)c2ccc(Nc3ccccn3)cc2C1. The Balaban J connectivity index is 1.94. The highest BCUT2D eigenvalue weighted by atomic mass is 16.2. The molecule has 0 bridgehead atoms. The summed E-state index contributed by atoms with van der Waals surface area (Å²) in [5.74, 6) is 1.67. The molecule has 0 saturated carbocycles. The fraction of sp³-hybridized carbons (Fsp3) is 0.556. The van der Waals surface area contributed by atoms with Gasteiger partial charge in [-0.3, -0.25) is 9.69 Å². The molecule has 2 aromatic rings. The minimum atomic E-state index is 0.125. The fourth-order valence-electron chi connectivity index (χ4n) is 4.61. The van der Waals surface area contributed by atoms with Gasteiger partial charge in [-0.25, -0.2) is 4.98 Å². The summed E-state index contributed by atoms with van der Waals surface area (Å²) >= 11 is 0. The van der Waals surface area contributed by atoms with E-state index in [1.165, 1.54) is 44.1 Å². The van der Waals surface area contributed by atoms with Gasteiger partial charge in [-0.05, 0) is 61.2 Å². The van der Waals surface area contributed by atoms with Crippen LogP contribution in [0, 0.1) is 5.92 Å². The molecule has 1 amide bonds. The van der Waals surface area contributed by atoms with Crippen LogP contribution >= 0.6 is 0 Å². The van der Waals surface area contributed by atoms with Crippen molar-refractivity contribution >= 4 is 23.1 Å². The third kappa shape index (κ3) is 7.06. The number of fused-ring (bicyclic) bond motifs is 1. The van der Waals surface area contributed by atoms with E-state index < -0.39 is 0 Å². The highest BCUT2D eigenvalue weighted by Crippen LogP contribution is 2.29. The summed E-state index contributed by atoms with van der Waals surface area (Å²) in [4.78, 5) is 21.6. The molecule has 1 N–H and O–H groups in total. The molecule has 0 fully saturated rings. The maximum absolute atomic E-state index is 12.6. The molecule has 0 spiro atoms. The van der Waals surface area contributed by atoms with Gasteiger partial charge in [0.05, 0.1) is 0 Å². The molecule has 2 heterocycles. The predicted octanol–water partition coefficient (Wildman–Crippen LogP) is 6.38. The Morgan fingerprint density at radius 2 is 1.78 bits per heavy atom. The van der Waals surface area contributed by atoms with Crippen molar-refractivity contribution in [1.82, 2.24) is 9.88 Å². The number of nitrogens with one attached hydrogen (secondary N) is 1. The molecule has 0 radical (unpaired) electrons. The van der Waals surface area contributed by atoms with E-state index in [0.29, 0.717) is 5.92 Å². The molecule has 5 nitrogen and oxygen atoms in total. The zero-order valence-corrected chi connectivity index (χ0v) is 20.1. The summed E-state index contributed by atoms with van der Waals surface area (Å²) in [6.45, 7) is 10.2. The Labute approximate surface area is 194 Å². The summed E-state index contributed by atoms with van der Waals surface area (Å²) < 4.78 is 0. The van der Waals surface area contributed by atoms with Crippen LogP contribution in [0.25, 0.3) is 0 Å². The lowest BCUT2D eigenvalue weighted by Gasteiger charge is -2.31. The lowest BCUT2D eigenvalue weighted by Crippen LogP contribution is -2.34. The van der Waals surface area contributed by atoms with Crippen LogP contribution < -0.4 is 10.2 Å². The summed E-state index contributed by atoms with van der Waals surface area (Å²) in [5, 5.41) is 3.43. The van der Waals surface area contributed by atoms with Crippen LogP contribution in [0.4, 0.5) is 17.2 Å². The number of nitrogens with zero attached hydrogens (tertiary/aromatic N) is 3. The first kappa shape index (κ1) is 24.2. The van der Waals surface area contributed by atoms with Crippen molar-refractivity contribution in [3.63, 3.8) is 0 Å². The molecule has 5 heteroatoms. The van der Waals surface area contributed by atoms with Gasteiger partial charge in [0.25, 0.3) is 0 Å². The minimum absolute atomic E-state index is 0.125. The smallest absolute Gasteiger partial charge is 0.223 e. The van der Waals surface area contributed by atoms with Crippen molar-refractivity contribution in [1.29, 1.82) is 0 Å². The van der Waals surface area contributed by atoms with Crippen molar-refractivity contribution in [2.75, 3.05) is 29.9 Å². The average molecular weight is 437 g/mol. The lowest BCUT2D eigenvalue weighted by molar-refractivity contribution is -0.116. The largest absolute Gasteiger partial charge is 0.340 e. The van der Waals surface area contributed by atoms with Crippen LogP contribution in [-0.4, -0.2) is 35.4 Å². The molecule has 1 aliphatic rings. The van der Waals surface area contributed by atoms with Crippen molar-refractivity contribution in [3.05, 3.63) is 48.2 Å². The zero-order valence-electron chi connectivity index (χ0n) is 20.1. The highest BCUT2D eigenvalue weighted by molar-refractivity contribution is 5.92. The maximum Gasteiger partial charge on any atom is 0.223 e. The summed E-state index contributed by atoms with van der Waals surface area (Å²) in [6.07, 6.45) is 10.2. The summed E-state index contributed by atoms with van der Waals surface area (Å²) in [7, 11) is 0. The van der Waals surface area contributed by atoms with Gasteiger partial charge in [-0.15, -0.1) is 0 Å². The minimum Gasteiger partial charge on any atom is -0.340 e. The van der Waals surface area contributed by atoms with Crippen molar-refractivity contribution in [3.8, 4) is 0 Å². The van der Waals surface area contributed by atoms with E-state index in [0.717, 1.165) is 49.8 Å². The van der Waals surface area contributed by atoms with Gasteiger partial charge >= 0.3 is 0 Å². The van der Waals surface area contributed by atoms with E-state index in [-0.39, 0.29) is 5.91 Å². The number of hydrogen-bond donors (Lipinski definition) is 1. The Morgan fingerprint density at radius 1 is 1.03 bits per heavy atom. The van der Waals surface area contributed by atoms with Crippen LogP contribution in [-0.2, 0) is 11.3 Å². The van der Waals surface area contributed by atoms with E-state index in [1.807, 2.05) is 23.1 Å². The van der Waals surface area contributed by atoms with Crippen LogP contribution in [0.5, 0.6) is 0 Å². The number of aromatic nitrogens is 1. The van der Waals surface area contributed by atoms with Crippen molar-refractivity contribution in [2.45, 2.75) is 72.3 Å². The van der Waals surface area contributed by atoms with Crippen LogP contribution in [0.3, 0.4) is 0 Å². The number of carbonyl (C=O) groups excluding carboxylic acids is 1. The second-order valence-electron chi connectivity index (χ2n) is 9.04. The summed E-state index contributed by atoms with van der Waals surface area (Å²) in [6, 6.07) is 12.3. The number of rotatable bonds is 6. The first-order valence-electron chi connectivity index (χ1n) is 12.4. The quantitative estimate of drug-likeness (QED) is 0.571. The molecule has 0 aliphatic carbocycles. The molecule has 0 unspecified atom stereocenters. The first-order chi connectivity index (χ1) is 15.6. The number of pyridine rings is 1. The third-order valence-corrected chi connectivity index (χ3v) is 6.61. The van der Waals surface area contributed by atoms with E-state index >= 15 is 0 Å². The number of anilines is 3. The fourth-order valence-corrected chi connectivity index (χ4v) is 4.61. The van der Waals surface area contributed by atoms with Crippen LogP contribution in [0.1, 0.15) is 71.3 Å². The van der Waals surface area contributed by atoms with Crippen LogP contribution in [0.2, 0.25) is 0 Å². The van der Waals surface area contributed by atoms with Gasteiger partial charge in [0, 0.05) is 44.1 Å². The maximum atomic E-state index is 12.6. The van der Waals surface area contributed by atoms with E-state index in [2.05, 4.69) is 47.2 Å². The number of hydrogen-bond acceptors (Lipinski definition) is 4. The number of benzene rings is 1. The second kappa shape index (κ2) is 12.6. The van der Waals surface area contributed by atoms with Crippen LogP contribution in [0.15, 0.2) is 42.6 Å². The molecular weight excluding hydrogens is 396 g/mol. The highest BCUT2D eigenvalue weighted by Gasteiger charge is 2.20. The second-order valence-corrected chi connectivity index (χ2v) is 9.04. The first-order valence-corrected chi connectivity index (χ1v) is 12.4. The van der Waals surface area contributed by atoms with Crippen molar-refractivity contribution < 1.29 is 4.79 Å². The molecule has 1 aliphatic heterocycles. The molecule has 0 saturated heterocycles. The monoisotopic (exact) mass is 436 g/mol. The predicted molar refractivity (Wildman–Crippen MR) is 134 cm³/mol. The molecule has 3 rings (SSSR count). The van der Waals surface area contributed by atoms with Gasteiger partial charge in [0.1, 0.15) is 5.82 Å². The van der Waals surface area contributed by atoms with E-state index in [4.69, 9.17) is 0 Å². The number of carbonyl (C=O) groups is 1. The van der Waals surface area contributed by atoms with E-state index in [9.17, 15) is 4.79 Å². The average Bonchev–Trinajstić information content (AvgIpc) is 2.79. The van der Waals surface area contributed by atoms with Crippen molar-refractivity contribution in [2.24, 2.45) is 5.92 Å². The Bertz CT molecular complexity index is 835. The normalized spacial score (nSPS) is 16.2. The van der Waals surface area contributed by atoms with Gasteiger partial charge < -0.3 is 10.2 Å². The molecule has 174 valence electrons. The molecule has 32 heavy (non-hydrogen) atoms. The Morgan fingerprint density at radius 3 is 2.47 bits per heavy atom. The Kier molecular flexibility index (Phi) is 9.54.